The Morgan fingerprint density at radius 3 is 2.29 bits per heavy atom. The summed E-state index contributed by atoms with van der Waals surface area (Å²) in [4.78, 5) is 26.9. The third kappa shape index (κ3) is 3.72. The molecule has 2 rings (SSSR count). The van der Waals surface area contributed by atoms with Crippen molar-refractivity contribution in [1.29, 1.82) is 0 Å². The van der Waals surface area contributed by atoms with Gasteiger partial charge in [0.25, 0.3) is 5.91 Å². The molecular weight excluding hydrogens is 383 g/mol. The first-order valence-electron chi connectivity index (χ1n) is 5.53. The molecule has 0 atom stereocenters. The monoisotopic (exact) mass is 388 g/mol. The van der Waals surface area contributed by atoms with Crippen molar-refractivity contribution in [3.8, 4) is 0 Å². The standard InChI is InChI=1S/C13H7BrCl2N2O3/c14-10-5-6(1-2-17-10)12(19)18-11-8(15)3-7(13(20)21)4-9(11)16/h1-5H,(H,18,19)(H,20,21). The van der Waals surface area contributed by atoms with Crippen molar-refractivity contribution in [1.82, 2.24) is 4.98 Å². The Kier molecular flexibility index (Phi) is 4.82. The molecule has 0 saturated heterocycles. The second-order valence-electron chi connectivity index (χ2n) is 3.94. The first-order chi connectivity index (χ1) is 9.88. The van der Waals surface area contributed by atoms with E-state index in [1.54, 1.807) is 0 Å². The van der Waals surface area contributed by atoms with Crippen LogP contribution in [0.2, 0.25) is 10.0 Å². The van der Waals surface area contributed by atoms with E-state index in [1.165, 1.54) is 30.5 Å². The molecule has 0 bridgehead atoms. The topological polar surface area (TPSA) is 79.3 Å². The molecular formula is C13H7BrCl2N2O3. The highest BCUT2D eigenvalue weighted by Gasteiger charge is 2.15. The summed E-state index contributed by atoms with van der Waals surface area (Å²) >= 11 is 15.1. The number of carbonyl (C=O) groups excluding carboxylic acids is 1. The van der Waals surface area contributed by atoms with Crippen molar-refractivity contribution in [2.75, 3.05) is 5.32 Å². The number of carboxylic acid groups (broad SMARTS) is 1. The maximum absolute atomic E-state index is 12.1. The van der Waals surface area contributed by atoms with Gasteiger partial charge < -0.3 is 10.4 Å². The highest BCUT2D eigenvalue weighted by atomic mass is 79.9. The molecule has 1 amide bonds. The highest BCUT2D eigenvalue weighted by molar-refractivity contribution is 9.10. The van der Waals surface area contributed by atoms with Crippen LogP contribution in [0.3, 0.4) is 0 Å². The fourth-order valence-corrected chi connectivity index (χ4v) is 2.49. The average molecular weight is 390 g/mol. The summed E-state index contributed by atoms with van der Waals surface area (Å²) in [6.07, 6.45) is 1.47. The number of pyridine rings is 1. The molecule has 108 valence electrons. The van der Waals surface area contributed by atoms with E-state index >= 15 is 0 Å². The van der Waals surface area contributed by atoms with Gasteiger partial charge in [-0.15, -0.1) is 0 Å². The number of nitrogens with zero attached hydrogens (tertiary/aromatic N) is 1. The van der Waals surface area contributed by atoms with Gasteiger partial charge in [-0.3, -0.25) is 4.79 Å². The number of rotatable bonds is 3. The first-order valence-corrected chi connectivity index (χ1v) is 7.08. The minimum atomic E-state index is -1.16. The van der Waals surface area contributed by atoms with E-state index in [1.807, 2.05) is 0 Å². The molecule has 1 aromatic heterocycles. The van der Waals surface area contributed by atoms with E-state index in [-0.39, 0.29) is 21.3 Å². The van der Waals surface area contributed by atoms with Crippen molar-refractivity contribution < 1.29 is 14.7 Å². The molecule has 0 aliphatic carbocycles. The van der Waals surface area contributed by atoms with Crippen LogP contribution in [0.5, 0.6) is 0 Å². The molecule has 8 heteroatoms. The lowest BCUT2D eigenvalue weighted by Crippen LogP contribution is -2.13. The summed E-state index contributed by atoms with van der Waals surface area (Å²) in [5.74, 6) is -1.60. The highest BCUT2D eigenvalue weighted by Crippen LogP contribution is 2.32. The number of aromatic nitrogens is 1. The first kappa shape index (κ1) is 15.8. The van der Waals surface area contributed by atoms with Crippen LogP contribution in [0.15, 0.2) is 35.1 Å². The maximum Gasteiger partial charge on any atom is 0.335 e. The molecule has 0 spiro atoms. The van der Waals surface area contributed by atoms with Crippen molar-refractivity contribution in [2.45, 2.75) is 0 Å². The molecule has 0 aliphatic rings. The minimum absolute atomic E-state index is 0.0429. The average Bonchev–Trinajstić information content (AvgIpc) is 2.42. The Morgan fingerprint density at radius 2 is 1.76 bits per heavy atom. The van der Waals surface area contributed by atoms with Crippen LogP contribution in [-0.4, -0.2) is 22.0 Å². The lowest BCUT2D eigenvalue weighted by atomic mass is 10.2. The van der Waals surface area contributed by atoms with Gasteiger partial charge in [0, 0.05) is 11.8 Å². The quantitative estimate of drug-likeness (QED) is 0.774. The van der Waals surface area contributed by atoms with Crippen LogP contribution >= 0.6 is 39.1 Å². The predicted octanol–water partition coefficient (Wildman–Crippen LogP) is 4.10. The molecule has 0 unspecified atom stereocenters. The number of hydrogen-bond acceptors (Lipinski definition) is 3. The summed E-state index contributed by atoms with van der Waals surface area (Å²) in [6, 6.07) is 5.48. The van der Waals surface area contributed by atoms with Gasteiger partial charge in [0.15, 0.2) is 0 Å². The Bertz CT molecular complexity index is 714. The van der Waals surface area contributed by atoms with E-state index in [9.17, 15) is 9.59 Å². The number of hydrogen-bond donors (Lipinski definition) is 2. The third-order valence-corrected chi connectivity index (χ3v) is 3.55. The minimum Gasteiger partial charge on any atom is -0.478 e. The molecule has 2 aromatic rings. The van der Waals surface area contributed by atoms with E-state index in [4.69, 9.17) is 28.3 Å². The van der Waals surface area contributed by atoms with Crippen LogP contribution in [0.4, 0.5) is 5.69 Å². The Labute approximate surface area is 138 Å². The van der Waals surface area contributed by atoms with E-state index in [2.05, 4.69) is 26.2 Å². The number of aromatic carboxylic acids is 1. The SMILES string of the molecule is O=C(O)c1cc(Cl)c(NC(=O)c2ccnc(Br)c2)c(Cl)c1. The molecule has 1 heterocycles. The van der Waals surface area contributed by atoms with Crippen LogP contribution in [0.1, 0.15) is 20.7 Å². The van der Waals surface area contributed by atoms with E-state index in [0.717, 1.165) is 0 Å². The van der Waals surface area contributed by atoms with Crippen molar-refractivity contribution >= 4 is 56.7 Å². The molecule has 1 aromatic carbocycles. The molecule has 5 nitrogen and oxygen atoms in total. The number of amides is 1. The summed E-state index contributed by atoms with van der Waals surface area (Å²) in [5.41, 5.74) is 0.447. The zero-order chi connectivity index (χ0) is 15.6. The number of carbonyl (C=O) groups is 2. The van der Waals surface area contributed by atoms with Crippen LogP contribution in [0, 0.1) is 0 Å². The van der Waals surface area contributed by atoms with Crippen LogP contribution in [-0.2, 0) is 0 Å². The predicted molar refractivity (Wildman–Crippen MR) is 83.3 cm³/mol. The second-order valence-corrected chi connectivity index (χ2v) is 5.57. The Morgan fingerprint density at radius 1 is 1.14 bits per heavy atom. The largest absolute Gasteiger partial charge is 0.478 e. The Balaban J connectivity index is 2.32. The van der Waals surface area contributed by atoms with Gasteiger partial charge in [-0.2, -0.15) is 0 Å². The van der Waals surface area contributed by atoms with Gasteiger partial charge in [0.2, 0.25) is 0 Å². The lowest BCUT2D eigenvalue weighted by Gasteiger charge is -2.10. The maximum atomic E-state index is 12.1. The number of nitrogens with one attached hydrogen (secondary N) is 1. The van der Waals surface area contributed by atoms with Crippen LogP contribution < -0.4 is 5.32 Å². The van der Waals surface area contributed by atoms with Crippen molar-refractivity contribution in [2.24, 2.45) is 0 Å². The van der Waals surface area contributed by atoms with Gasteiger partial charge in [-0.05, 0) is 40.2 Å². The summed E-state index contributed by atoms with van der Waals surface area (Å²) in [5, 5.41) is 11.5. The van der Waals surface area contributed by atoms with Gasteiger partial charge in [0.1, 0.15) is 4.60 Å². The number of anilines is 1. The summed E-state index contributed by atoms with van der Waals surface area (Å²) in [7, 11) is 0. The normalized spacial score (nSPS) is 10.2. The molecule has 0 aliphatic heterocycles. The van der Waals surface area contributed by atoms with Gasteiger partial charge >= 0.3 is 5.97 Å². The van der Waals surface area contributed by atoms with Crippen molar-refractivity contribution in [3.05, 3.63) is 56.2 Å². The third-order valence-electron chi connectivity index (χ3n) is 2.52. The van der Waals surface area contributed by atoms with Crippen LogP contribution in [0.25, 0.3) is 0 Å². The fraction of sp³-hybridized carbons (Fsp3) is 0. The molecule has 0 saturated carbocycles. The van der Waals surface area contributed by atoms with Gasteiger partial charge in [0.05, 0.1) is 21.3 Å². The number of benzene rings is 1. The van der Waals surface area contributed by atoms with E-state index < -0.39 is 11.9 Å². The molecule has 2 N–H and O–H groups in total. The zero-order valence-corrected chi connectivity index (χ0v) is 13.3. The summed E-state index contributed by atoms with van der Waals surface area (Å²) < 4.78 is 0.508. The smallest absolute Gasteiger partial charge is 0.335 e. The number of halogens is 3. The van der Waals surface area contributed by atoms with Gasteiger partial charge in [-0.1, -0.05) is 23.2 Å². The van der Waals surface area contributed by atoms with Crippen molar-refractivity contribution in [3.63, 3.8) is 0 Å². The number of carboxylic acids is 1. The fourth-order valence-electron chi connectivity index (χ4n) is 1.55. The Hall–Kier alpha value is -1.63. The zero-order valence-electron chi connectivity index (χ0n) is 10.2. The molecule has 0 fully saturated rings. The second kappa shape index (κ2) is 6.43. The molecule has 0 radical (unpaired) electrons. The molecule has 21 heavy (non-hydrogen) atoms. The van der Waals surface area contributed by atoms with Gasteiger partial charge in [-0.25, -0.2) is 9.78 Å². The van der Waals surface area contributed by atoms with E-state index in [0.29, 0.717) is 10.2 Å². The summed E-state index contributed by atoms with van der Waals surface area (Å²) in [6.45, 7) is 0. The lowest BCUT2D eigenvalue weighted by molar-refractivity contribution is 0.0696.